The minimum atomic E-state index is -2.89. The first-order valence-electron chi connectivity index (χ1n) is 7.16. The van der Waals surface area contributed by atoms with E-state index in [1.54, 1.807) is 11.3 Å². The van der Waals surface area contributed by atoms with Crippen LogP contribution in [0, 0.1) is 5.92 Å². The summed E-state index contributed by atoms with van der Waals surface area (Å²) in [5, 5.41) is 2.87. The predicted molar refractivity (Wildman–Crippen MR) is 86.7 cm³/mol. The van der Waals surface area contributed by atoms with Crippen molar-refractivity contribution < 1.29 is 13.2 Å². The Kier molecular flexibility index (Phi) is 6.08. The first-order valence-corrected chi connectivity index (χ1v) is 10.2. The van der Waals surface area contributed by atoms with Crippen LogP contribution in [0.1, 0.15) is 30.6 Å². The van der Waals surface area contributed by atoms with Crippen molar-refractivity contribution in [1.29, 1.82) is 0 Å². The molecule has 1 amide bonds. The van der Waals surface area contributed by atoms with Crippen LogP contribution in [0.4, 0.5) is 0 Å². The molecule has 2 rings (SSSR count). The van der Waals surface area contributed by atoms with Gasteiger partial charge in [0.2, 0.25) is 5.91 Å². The molecule has 0 saturated carbocycles. The fraction of sp³-hybridized carbons (Fsp3) is 0.643. The van der Waals surface area contributed by atoms with Crippen molar-refractivity contribution in [2.45, 2.75) is 32.1 Å². The molecule has 0 aliphatic carbocycles. The lowest BCUT2D eigenvalue weighted by Gasteiger charge is -2.08. The summed E-state index contributed by atoms with van der Waals surface area (Å²) >= 11 is 7.46. The third-order valence-corrected chi connectivity index (χ3v) is 6.73. The molecule has 0 radical (unpaired) electrons. The Morgan fingerprint density at radius 1 is 1.38 bits per heavy atom. The lowest BCUT2D eigenvalue weighted by atomic mass is 10.1. The van der Waals surface area contributed by atoms with Gasteiger partial charge < -0.3 is 5.32 Å². The third-order valence-electron chi connectivity index (χ3n) is 3.60. The summed E-state index contributed by atoms with van der Waals surface area (Å²) in [6.45, 7) is 0.650. The minimum Gasteiger partial charge on any atom is -0.356 e. The minimum absolute atomic E-state index is 0.00302. The number of carbonyl (C=O) groups is 1. The normalized spacial score (nSPS) is 20.5. The molecule has 1 fully saturated rings. The summed E-state index contributed by atoms with van der Waals surface area (Å²) in [6, 6.07) is 3.94. The Morgan fingerprint density at radius 3 is 2.81 bits per heavy atom. The van der Waals surface area contributed by atoms with E-state index in [4.69, 9.17) is 11.6 Å². The molecule has 4 nitrogen and oxygen atoms in total. The standard InChI is InChI=1S/C14H20ClNO3S2/c15-13-5-4-12(20-13)3-1-2-7-16-14(17)9-11-6-8-21(18,19)10-11/h4-5,11H,1-3,6-10H2,(H,16,17)/t11-/m1/s1. The molecule has 21 heavy (non-hydrogen) atoms. The van der Waals surface area contributed by atoms with Crippen LogP contribution in [0.25, 0.3) is 0 Å². The number of unbranched alkanes of at least 4 members (excludes halogenated alkanes) is 1. The summed E-state index contributed by atoms with van der Waals surface area (Å²) in [4.78, 5) is 13.0. The van der Waals surface area contributed by atoms with Gasteiger partial charge in [0.05, 0.1) is 15.8 Å². The van der Waals surface area contributed by atoms with Crippen LogP contribution < -0.4 is 5.32 Å². The largest absolute Gasteiger partial charge is 0.356 e. The highest BCUT2D eigenvalue weighted by atomic mass is 35.5. The summed E-state index contributed by atoms with van der Waals surface area (Å²) in [7, 11) is -2.89. The van der Waals surface area contributed by atoms with Gasteiger partial charge in [-0.15, -0.1) is 11.3 Å². The highest BCUT2D eigenvalue weighted by Gasteiger charge is 2.29. The van der Waals surface area contributed by atoms with Gasteiger partial charge in [0.25, 0.3) is 0 Å². The molecule has 118 valence electrons. The topological polar surface area (TPSA) is 63.2 Å². The van der Waals surface area contributed by atoms with Crippen molar-refractivity contribution >= 4 is 38.7 Å². The number of hydrogen-bond donors (Lipinski definition) is 1. The average Bonchev–Trinajstić information content (AvgIpc) is 2.95. The Labute approximate surface area is 134 Å². The van der Waals surface area contributed by atoms with Crippen molar-refractivity contribution in [2.24, 2.45) is 5.92 Å². The summed E-state index contributed by atoms with van der Waals surface area (Å²) < 4.78 is 23.4. The Bertz CT molecular complexity index is 583. The van der Waals surface area contributed by atoms with Crippen LogP contribution >= 0.6 is 22.9 Å². The number of carbonyl (C=O) groups excluding carboxylic acids is 1. The SMILES string of the molecule is O=C(C[C@H]1CCS(=O)(=O)C1)NCCCCc1ccc(Cl)s1. The second-order valence-electron chi connectivity index (χ2n) is 5.49. The van der Waals surface area contributed by atoms with Crippen molar-refractivity contribution in [1.82, 2.24) is 5.32 Å². The van der Waals surface area contributed by atoms with E-state index in [1.165, 1.54) is 4.88 Å². The van der Waals surface area contributed by atoms with E-state index in [2.05, 4.69) is 5.32 Å². The van der Waals surface area contributed by atoms with Gasteiger partial charge in [-0.05, 0) is 43.7 Å². The number of sulfone groups is 1. The van der Waals surface area contributed by atoms with Gasteiger partial charge in [-0.3, -0.25) is 4.79 Å². The zero-order valence-corrected chi connectivity index (χ0v) is 14.2. The van der Waals surface area contributed by atoms with Gasteiger partial charge in [0, 0.05) is 17.8 Å². The first-order chi connectivity index (χ1) is 9.94. The molecule has 1 N–H and O–H groups in total. The molecule has 7 heteroatoms. The van der Waals surface area contributed by atoms with E-state index in [0.29, 0.717) is 19.4 Å². The highest BCUT2D eigenvalue weighted by Crippen LogP contribution is 2.23. The van der Waals surface area contributed by atoms with Crippen molar-refractivity contribution in [3.8, 4) is 0 Å². The average molecular weight is 350 g/mol. The monoisotopic (exact) mass is 349 g/mol. The second-order valence-corrected chi connectivity index (χ2v) is 9.51. The van der Waals surface area contributed by atoms with E-state index < -0.39 is 9.84 Å². The Hall–Kier alpha value is -0.590. The van der Waals surface area contributed by atoms with Crippen molar-refractivity contribution in [3.05, 3.63) is 21.3 Å². The zero-order valence-electron chi connectivity index (χ0n) is 11.8. The van der Waals surface area contributed by atoms with Gasteiger partial charge >= 0.3 is 0 Å². The van der Waals surface area contributed by atoms with Crippen LogP contribution in [-0.4, -0.2) is 32.4 Å². The molecule has 0 unspecified atom stereocenters. The number of aryl methyl sites for hydroxylation is 1. The van der Waals surface area contributed by atoms with Gasteiger partial charge in [-0.2, -0.15) is 0 Å². The molecular weight excluding hydrogens is 330 g/mol. The molecule has 2 heterocycles. The second kappa shape index (κ2) is 7.61. The first kappa shape index (κ1) is 16.8. The molecule has 1 aromatic rings. The number of amides is 1. The maximum absolute atomic E-state index is 11.7. The fourth-order valence-electron chi connectivity index (χ4n) is 2.51. The summed E-state index contributed by atoms with van der Waals surface area (Å²) in [5.41, 5.74) is 0. The number of rotatable bonds is 7. The molecule has 0 aromatic carbocycles. The van der Waals surface area contributed by atoms with Crippen molar-refractivity contribution in [2.75, 3.05) is 18.1 Å². The van der Waals surface area contributed by atoms with Gasteiger partial charge in [-0.25, -0.2) is 8.42 Å². The van der Waals surface area contributed by atoms with Crippen LogP contribution in [0.5, 0.6) is 0 Å². The lowest BCUT2D eigenvalue weighted by Crippen LogP contribution is -2.26. The van der Waals surface area contributed by atoms with Gasteiger partial charge in [0.1, 0.15) is 0 Å². The number of nitrogens with one attached hydrogen (secondary N) is 1. The van der Waals surface area contributed by atoms with Crippen LogP contribution in [0.2, 0.25) is 4.34 Å². The molecule has 1 saturated heterocycles. The van der Waals surface area contributed by atoms with E-state index in [0.717, 1.165) is 23.6 Å². The third kappa shape index (κ3) is 5.96. The molecule has 0 spiro atoms. The van der Waals surface area contributed by atoms with E-state index in [1.807, 2.05) is 12.1 Å². The fourth-order valence-corrected chi connectivity index (χ4v) is 5.50. The van der Waals surface area contributed by atoms with Gasteiger partial charge in [-0.1, -0.05) is 11.6 Å². The zero-order chi connectivity index (χ0) is 15.3. The maximum atomic E-state index is 11.7. The van der Waals surface area contributed by atoms with Crippen LogP contribution in [-0.2, 0) is 21.1 Å². The molecule has 1 aromatic heterocycles. The Balaban J connectivity index is 1.55. The molecule has 1 aliphatic rings. The summed E-state index contributed by atoms with van der Waals surface area (Å²) in [6.07, 6.45) is 3.86. The lowest BCUT2D eigenvalue weighted by molar-refractivity contribution is -0.121. The highest BCUT2D eigenvalue weighted by molar-refractivity contribution is 7.91. The molecule has 0 bridgehead atoms. The Morgan fingerprint density at radius 2 is 2.19 bits per heavy atom. The van der Waals surface area contributed by atoms with Crippen LogP contribution in [0.3, 0.4) is 0 Å². The predicted octanol–water partition coefficient (Wildman–Crippen LogP) is 2.67. The number of thiophene rings is 1. The van der Waals surface area contributed by atoms with E-state index in [-0.39, 0.29) is 23.3 Å². The maximum Gasteiger partial charge on any atom is 0.220 e. The number of hydrogen-bond acceptors (Lipinski definition) is 4. The number of halogens is 1. The molecule has 1 atom stereocenters. The van der Waals surface area contributed by atoms with Gasteiger partial charge in [0.15, 0.2) is 9.84 Å². The summed E-state index contributed by atoms with van der Waals surface area (Å²) in [5.74, 6) is 0.368. The smallest absolute Gasteiger partial charge is 0.220 e. The van der Waals surface area contributed by atoms with E-state index >= 15 is 0 Å². The van der Waals surface area contributed by atoms with E-state index in [9.17, 15) is 13.2 Å². The quantitative estimate of drug-likeness (QED) is 0.770. The molecular formula is C14H20ClNO3S2. The molecule has 1 aliphatic heterocycles. The van der Waals surface area contributed by atoms with Crippen molar-refractivity contribution in [3.63, 3.8) is 0 Å². The van der Waals surface area contributed by atoms with Crippen LogP contribution in [0.15, 0.2) is 12.1 Å².